The third kappa shape index (κ3) is 5.21. The molecule has 0 saturated carbocycles. The average Bonchev–Trinajstić information content (AvgIpc) is 2.75. The van der Waals surface area contributed by atoms with Crippen LogP contribution in [-0.4, -0.2) is 33.5 Å². The van der Waals surface area contributed by atoms with Gasteiger partial charge in [-0.2, -0.15) is 0 Å². The minimum Gasteiger partial charge on any atom is -0.490 e. The second kappa shape index (κ2) is 8.90. The summed E-state index contributed by atoms with van der Waals surface area (Å²) in [5, 5.41) is 3.56. The van der Waals surface area contributed by atoms with Gasteiger partial charge in [0.1, 0.15) is 0 Å². The Morgan fingerprint density at radius 1 is 1.14 bits per heavy atom. The molecular weight excluding hydrogens is 266 g/mol. The summed E-state index contributed by atoms with van der Waals surface area (Å²) < 4.78 is 16.5. The van der Waals surface area contributed by atoms with Crippen LogP contribution in [0.1, 0.15) is 44.2 Å². The molecule has 4 nitrogen and oxygen atoms in total. The fraction of sp³-hybridized carbons (Fsp3) is 0.647. The van der Waals surface area contributed by atoms with Crippen LogP contribution in [-0.2, 0) is 4.74 Å². The van der Waals surface area contributed by atoms with Gasteiger partial charge in [0.05, 0.1) is 13.2 Å². The molecule has 0 amide bonds. The number of unbranched alkanes of at least 4 members (excludes halogenated alkanes) is 2. The summed E-state index contributed by atoms with van der Waals surface area (Å²) in [6.45, 7) is 5.55. The van der Waals surface area contributed by atoms with Gasteiger partial charge in [0, 0.05) is 26.2 Å². The van der Waals surface area contributed by atoms with E-state index in [2.05, 4.69) is 24.4 Å². The third-order valence-electron chi connectivity index (χ3n) is 3.75. The van der Waals surface area contributed by atoms with Gasteiger partial charge in [0.25, 0.3) is 0 Å². The fourth-order valence-electron chi connectivity index (χ4n) is 2.43. The lowest BCUT2D eigenvalue weighted by Crippen LogP contribution is -2.20. The number of ether oxygens (including phenoxy) is 3. The molecule has 0 saturated heterocycles. The Morgan fingerprint density at radius 3 is 2.76 bits per heavy atom. The maximum Gasteiger partial charge on any atom is 0.161 e. The molecule has 1 N–H and O–H groups in total. The minimum atomic E-state index is 0.324. The van der Waals surface area contributed by atoms with Crippen LogP contribution in [0.5, 0.6) is 11.5 Å². The molecule has 1 aliphatic rings. The molecule has 1 heterocycles. The molecule has 0 aliphatic carbocycles. The number of hydrogen-bond acceptors (Lipinski definition) is 4. The van der Waals surface area contributed by atoms with E-state index in [4.69, 9.17) is 14.2 Å². The second-order valence-corrected chi connectivity index (χ2v) is 5.49. The van der Waals surface area contributed by atoms with Crippen molar-refractivity contribution in [3.63, 3.8) is 0 Å². The standard InChI is InChI=1S/C17H27NO3/c1-14(18-9-4-3-5-10-19-2)15-7-8-16-17(13-15)21-12-6-11-20-16/h7-8,13-14,18H,3-6,9-12H2,1-2H3. The van der Waals surface area contributed by atoms with E-state index in [0.717, 1.165) is 50.7 Å². The highest BCUT2D eigenvalue weighted by atomic mass is 16.5. The first-order valence-corrected chi connectivity index (χ1v) is 7.93. The minimum absolute atomic E-state index is 0.324. The molecule has 21 heavy (non-hydrogen) atoms. The van der Waals surface area contributed by atoms with E-state index in [0.29, 0.717) is 6.04 Å². The maximum absolute atomic E-state index is 5.74. The van der Waals surface area contributed by atoms with Gasteiger partial charge >= 0.3 is 0 Å². The predicted octanol–water partition coefficient (Wildman–Crippen LogP) is 3.32. The van der Waals surface area contributed by atoms with Crippen molar-refractivity contribution in [3.8, 4) is 11.5 Å². The predicted molar refractivity (Wildman–Crippen MR) is 84.2 cm³/mol. The van der Waals surface area contributed by atoms with Gasteiger partial charge < -0.3 is 19.5 Å². The van der Waals surface area contributed by atoms with Crippen LogP contribution in [0.25, 0.3) is 0 Å². The zero-order valence-corrected chi connectivity index (χ0v) is 13.2. The Balaban J connectivity index is 1.79. The van der Waals surface area contributed by atoms with Crippen LogP contribution in [0.15, 0.2) is 18.2 Å². The maximum atomic E-state index is 5.74. The highest BCUT2D eigenvalue weighted by molar-refractivity contribution is 5.44. The molecule has 4 heteroatoms. The van der Waals surface area contributed by atoms with Crippen LogP contribution in [0, 0.1) is 0 Å². The van der Waals surface area contributed by atoms with Gasteiger partial charge in [-0.3, -0.25) is 0 Å². The largest absolute Gasteiger partial charge is 0.490 e. The van der Waals surface area contributed by atoms with Crippen LogP contribution in [0.3, 0.4) is 0 Å². The second-order valence-electron chi connectivity index (χ2n) is 5.49. The van der Waals surface area contributed by atoms with Gasteiger partial charge in [0.15, 0.2) is 11.5 Å². The monoisotopic (exact) mass is 293 g/mol. The molecular formula is C17H27NO3. The highest BCUT2D eigenvalue weighted by Gasteiger charge is 2.13. The summed E-state index contributed by atoms with van der Waals surface area (Å²) in [4.78, 5) is 0. The van der Waals surface area contributed by atoms with Crippen molar-refractivity contribution >= 4 is 0 Å². The number of methoxy groups -OCH3 is 1. The number of rotatable bonds is 8. The number of hydrogen-bond donors (Lipinski definition) is 1. The number of benzene rings is 1. The van der Waals surface area contributed by atoms with E-state index in [-0.39, 0.29) is 0 Å². The van der Waals surface area contributed by atoms with Crippen LogP contribution >= 0.6 is 0 Å². The molecule has 2 rings (SSSR count). The third-order valence-corrected chi connectivity index (χ3v) is 3.75. The molecule has 1 unspecified atom stereocenters. The summed E-state index contributed by atoms with van der Waals surface area (Å²) >= 11 is 0. The SMILES string of the molecule is COCCCCCNC(C)c1ccc2c(c1)OCCCO2. The highest BCUT2D eigenvalue weighted by Crippen LogP contribution is 2.32. The van der Waals surface area contributed by atoms with E-state index in [1.807, 2.05) is 6.07 Å². The molecule has 0 aromatic heterocycles. The van der Waals surface area contributed by atoms with Gasteiger partial charge in [-0.05, 0) is 50.4 Å². The Morgan fingerprint density at radius 2 is 1.95 bits per heavy atom. The normalized spacial score (nSPS) is 15.5. The fourth-order valence-corrected chi connectivity index (χ4v) is 2.43. The molecule has 0 bridgehead atoms. The summed E-state index contributed by atoms with van der Waals surface area (Å²) in [7, 11) is 1.75. The van der Waals surface area contributed by atoms with Crippen LogP contribution in [0.2, 0.25) is 0 Å². The van der Waals surface area contributed by atoms with Crippen molar-refractivity contribution in [2.75, 3.05) is 33.5 Å². The quantitative estimate of drug-likeness (QED) is 0.746. The first-order chi connectivity index (χ1) is 10.3. The molecule has 1 aliphatic heterocycles. The number of nitrogens with one attached hydrogen (secondary N) is 1. The summed E-state index contributed by atoms with van der Waals surface area (Å²) in [6.07, 6.45) is 4.46. The summed E-state index contributed by atoms with van der Waals surface area (Å²) in [6, 6.07) is 6.57. The number of fused-ring (bicyclic) bond motifs is 1. The Hall–Kier alpha value is -1.26. The zero-order valence-electron chi connectivity index (χ0n) is 13.2. The molecule has 0 spiro atoms. The Labute approximate surface area is 127 Å². The van der Waals surface area contributed by atoms with E-state index >= 15 is 0 Å². The lowest BCUT2D eigenvalue weighted by molar-refractivity contribution is 0.192. The van der Waals surface area contributed by atoms with Crippen molar-refractivity contribution < 1.29 is 14.2 Å². The molecule has 1 atom stereocenters. The Bertz CT molecular complexity index is 422. The topological polar surface area (TPSA) is 39.7 Å². The lowest BCUT2D eigenvalue weighted by atomic mass is 10.1. The van der Waals surface area contributed by atoms with Crippen LogP contribution in [0.4, 0.5) is 0 Å². The van der Waals surface area contributed by atoms with E-state index in [1.165, 1.54) is 18.4 Å². The van der Waals surface area contributed by atoms with Crippen molar-refractivity contribution in [3.05, 3.63) is 23.8 Å². The van der Waals surface area contributed by atoms with Crippen LogP contribution < -0.4 is 14.8 Å². The lowest BCUT2D eigenvalue weighted by Gasteiger charge is -2.16. The van der Waals surface area contributed by atoms with Gasteiger partial charge in [-0.25, -0.2) is 0 Å². The Kier molecular flexibility index (Phi) is 6.83. The molecule has 1 aromatic rings. The van der Waals surface area contributed by atoms with E-state index in [1.54, 1.807) is 7.11 Å². The summed E-state index contributed by atoms with van der Waals surface area (Å²) in [5.74, 6) is 1.74. The zero-order chi connectivity index (χ0) is 14.9. The van der Waals surface area contributed by atoms with Crippen molar-refractivity contribution in [2.24, 2.45) is 0 Å². The first-order valence-electron chi connectivity index (χ1n) is 7.93. The van der Waals surface area contributed by atoms with Crippen molar-refractivity contribution in [1.82, 2.24) is 5.32 Å². The molecule has 1 aromatic carbocycles. The van der Waals surface area contributed by atoms with E-state index in [9.17, 15) is 0 Å². The van der Waals surface area contributed by atoms with Crippen molar-refractivity contribution in [1.29, 1.82) is 0 Å². The molecule has 0 radical (unpaired) electrons. The first kappa shape index (κ1) is 16.1. The van der Waals surface area contributed by atoms with Gasteiger partial charge in [-0.1, -0.05) is 6.07 Å². The van der Waals surface area contributed by atoms with Gasteiger partial charge in [-0.15, -0.1) is 0 Å². The molecule has 118 valence electrons. The van der Waals surface area contributed by atoms with E-state index < -0.39 is 0 Å². The van der Waals surface area contributed by atoms with Crippen molar-refractivity contribution in [2.45, 2.75) is 38.6 Å². The average molecular weight is 293 g/mol. The van der Waals surface area contributed by atoms with Gasteiger partial charge in [0.2, 0.25) is 0 Å². The smallest absolute Gasteiger partial charge is 0.161 e. The molecule has 0 fully saturated rings. The summed E-state index contributed by atoms with van der Waals surface area (Å²) in [5.41, 5.74) is 1.25.